The van der Waals surface area contributed by atoms with Crippen LogP contribution >= 0.6 is 0 Å². The van der Waals surface area contributed by atoms with Gasteiger partial charge in [-0.15, -0.1) is 19.9 Å². The van der Waals surface area contributed by atoms with Gasteiger partial charge >= 0.3 is 18.0 Å². The van der Waals surface area contributed by atoms with Crippen molar-refractivity contribution in [3.63, 3.8) is 0 Å². The average molecular weight is 497 g/mol. The Kier molecular flexibility index (Phi) is 8.39. The van der Waals surface area contributed by atoms with E-state index in [1.54, 1.807) is 53.4 Å². The van der Waals surface area contributed by atoms with Crippen molar-refractivity contribution in [3.8, 4) is 0 Å². The molecule has 0 saturated heterocycles. The number of rotatable bonds is 9. The van der Waals surface area contributed by atoms with E-state index in [2.05, 4.69) is 20.4 Å². The van der Waals surface area contributed by atoms with E-state index >= 15 is 0 Å². The number of aryl methyl sites for hydroxylation is 1. The minimum Gasteiger partial charge on any atom is -0.481 e. The van der Waals surface area contributed by atoms with Gasteiger partial charge in [0.1, 0.15) is 6.54 Å². The first-order valence-electron chi connectivity index (χ1n) is 11.0. The third-order valence-electron chi connectivity index (χ3n) is 5.16. The van der Waals surface area contributed by atoms with Crippen LogP contribution in [0.4, 0.5) is 4.79 Å². The maximum Gasteiger partial charge on any atom is 0.509 e. The summed E-state index contributed by atoms with van der Waals surface area (Å²) in [6, 6.07) is 8.73. The predicted molar refractivity (Wildman–Crippen MR) is 126 cm³/mol. The molecule has 1 unspecified atom stereocenters. The van der Waals surface area contributed by atoms with Crippen molar-refractivity contribution in [1.29, 1.82) is 0 Å². The zero-order valence-electron chi connectivity index (χ0n) is 19.7. The Balaban J connectivity index is 1.82. The van der Waals surface area contributed by atoms with Gasteiger partial charge in [0.25, 0.3) is 6.33 Å². The van der Waals surface area contributed by atoms with Crippen LogP contribution in [0, 0.1) is 5.92 Å². The molecule has 3 rings (SSSR count). The average Bonchev–Trinajstić information content (AvgIpc) is 3.22. The number of azo groups is 1. The predicted octanol–water partition coefficient (Wildman–Crippen LogP) is 2.38. The minimum absolute atomic E-state index is 0.00361. The van der Waals surface area contributed by atoms with Crippen LogP contribution in [0.25, 0.3) is 11.0 Å². The Bertz CT molecular complexity index is 1380. The minimum atomic E-state index is -1.24. The molecule has 0 aliphatic carbocycles. The summed E-state index contributed by atoms with van der Waals surface area (Å²) in [5.41, 5.74) is 0.781. The van der Waals surface area contributed by atoms with Gasteiger partial charge in [-0.2, -0.15) is 9.91 Å². The van der Waals surface area contributed by atoms with E-state index in [1.165, 1.54) is 10.9 Å². The number of para-hydroxylation sites is 2. The van der Waals surface area contributed by atoms with Crippen LogP contribution in [-0.4, -0.2) is 54.9 Å². The number of hydrogen-bond donors (Lipinski definition) is 3. The molecule has 188 valence electrons. The quantitative estimate of drug-likeness (QED) is 0.135. The number of carboxylic acid groups (broad SMARTS) is 3. The highest BCUT2D eigenvalue weighted by Crippen LogP contribution is 2.14. The lowest BCUT2D eigenvalue weighted by Crippen LogP contribution is -2.45. The van der Waals surface area contributed by atoms with Crippen molar-refractivity contribution < 1.29 is 34.3 Å². The standard InChI is InChI=1S/C23H25N7O6/c1-15(2)21(27-25-16-7-10-28(11-8-16)12-9-20(31)32)26-24-13-19(22(33)34)29-14-30(23(35)36)18-6-4-3-5-17(18)29/h3-8,10-11,14-15,19H,9,12-13H2,1-2H3,(H2-,31,32,33,34,35,36)/p+1. The maximum absolute atomic E-state index is 12.0. The van der Waals surface area contributed by atoms with Crippen molar-refractivity contribution in [3.05, 3.63) is 60.5 Å². The second-order valence-corrected chi connectivity index (χ2v) is 8.09. The number of carboxylic acids is 2. The van der Waals surface area contributed by atoms with Crippen molar-refractivity contribution in [1.82, 2.24) is 9.13 Å². The fourth-order valence-electron chi connectivity index (χ4n) is 3.26. The topological polar surface area (TPSA) is 175 Å². The molecule has 0 aliphatic heterocycles. The van der Waals surface area contributed by atoms with Crippen LogP contribution < -0.4 is 9.92 Å². The first-order valence-corrected chi connectivity index (χ1v) is 11.0. The molecule has 3 N–H and O–H groups in total. The Labute approximate surface area is 205 Å². The Morgan fingerprint density at radius 2 is 1.72 bits per heavy atom. The number of fused-ring (bicyclic) bond motifs is 1. The van der Waals surface area contributed by atoms with Crippen molar-refractivity contribution >= 4 is 34.9 Å². The highest BCUT2D eigenvalue weighted by atomic mass is 16.4. The van der Waals surface area contributed by atoms with Gasteiger partial charge in [0, 0.05) is 24.9 Å². The van der Waals surface area contributed by atoms with Gasteiger partial charge in [0.15, 0.2) is 16.9 Å². The lowest BCUT2D eigenvalue weighted by Gasteiger charge is -2.07. The first-order chi connectivity index (χ1) is 17.2. The number of aromatic nitrogens is 3. The molecule has 0 amide bonds. The molecule has 0 fully saturated rings. The number of carbonyl (C=O) groups is 3. The van der Waals surface area contributed by atoms with Crippen LogP contribution in [0.15, 0.2) is 75.6 Å². The summed E-state index contributed by atoms with van der Waals surface area (Å²) in [5.74, 6) is -1.96. The molecule has 13 heteroatoms. The van der Waals surface area contributed by atoms with Crippen LogP contribution in [0.1, 0.15) is 26.3 Å². The molecule has 3 aromatic rings. The zero-order valence-corrected chi connectivity index (χ0v) is 19.7. The molecule has 1 atom stereocenters. The largest absolute Gasteiger partial charge is 0.509 e. The molecule has 1 aromatic carbocycles. The van der Waals surface area contributed by atoms with Crippen molar-refractivity contribution in [2.45, 2.75) is 32.9 Å². The second kappa shape index (κ2) is 11.6. The van der Waals surface area contributed by atoms with Gasteiger partial charge in [-0.05, 0) is 24.3 Å². The van der Waals surface area contributed by atoms with E-state index in [0.29, 0.717) is 22.9 Å². The molecular weight excluding hydrogens is 470 g/mol. The molecule has 13 nitrogen and oxygen atoms in total. The number of amidine groups is 1. The van der Waals surface area contributed by atoms with Crippen LogP contribution in [0.3, 0.4) is 0 Å². The summed E-state index contributed by atoms with van der Waals surface area (Å²) >= 11 is 0. The molecular formula is C23H26N7O6+. The fourth-order valence-corrected chi connectivity index (χ4v) is 3.26. The third kappa shape index (κ3) is 6.46. The number of hydrogen-bond acceptors (Lipinski definition) is 6. The summed E-state index contributed by atoms with van der Waals surface area (Å²) in [4.78, 5) is 34.3. The molecule has 0 radical (unpaired) electrons. The summed E-state index contributed by atoms with van der Waals surface area (Å²) in [7, 11) is 0. The summed E-state index contributed by atoms with van der Waals surface area (Å²) in [5, 5.41) is 44.9. The molecule has 36 heavy (non-hydrogen) atoms. The van der Waals surface area contributed by atoms with Crippen LogP contribution in [0.2, 0.25) is 0 Å². The van der Waals surface area contributed by atoms with Crippen LogP contribution in [-0.2, 0) is 16.1 Å². The smallest absolute Gasteiger partial charge is 0.481 e. The Hall–Kier alpha value is -4.68. The monoisotopic (exact) mass is 496 g/mol. The van der Waals surface area contributed by atoms with Gasteiger partial charge in [0.2, 0.25) is 6.04 Å². The molecule has 0 aliphatic rings. The lowest BCUT2D eigenvalue weighted by molar-refractivity contribution is -0.683. The van der Waals surface area contributed by atoms with Gasteiger partial charge in [-0.3, -0.25) is 4.79 Å². The number of pyridine rings is 1. The Morgan fingerprint density at radius 1 is 1.03 bits per heavy atom. The van der Waals surface area contributed by atoms with E-state index in [4.69, 9.17) is 5.11 Å². The number of nitrogens with zero attached hydrogens (tertiary/aromatic N) is 7. The van der Waals surface area contributed by atoms with Crippen molar-refractivity contribution in [2.24, 2.45) is 26.3 Å². The fraction of sp³-hybridized carbons (Fsp3) is 0.304. The number of aliphatic carboxylic acids is 2. The van der Waals surface area contributed by atoms with Crippen LogP contribution in [0.5, 0.6) is 0 Å². The van der Waals surface area contributed by atoms with Gasteiger partial charge in [0.05, 0.1) is 11.8 Å². The number of imidazole rings is 1. The SMILES string of the molecule is CC(C)C(N=NCC(C(=O)O)[n+]1cn(C(=O)O)c2ccccc21)=NN=c1ccn(CCC(=O)O)cc1. The third-order valence-corrected chi connectivity index (χ3v) is 5.16. The normalized spacial score (nSPS) is 12.8. The van der Waals surface area contributed by atoms with E-state index in [9.17, 15) is 24.6 Å². The number of benzene rings is 1. The van der Waals surface area contributed by atoms with Gasteiger partial charge in [-0.1, -0.05) is 26.0 Å². The first kappa shape index (κ1) is 25.9. The molecule has 2 heterocycles. The molecule has 0 spiro atoms. The summed E-state index contributed by atoms with van der Waals surface area (Å²) in [6.45, 7) is 3.75. The van der Waals surface area contributed by atoms with Gasteiger partial charge in [-0.25, -0.2) is 9.36 Å². The molecule has 0 saturated carbocycles. The Morgan fingerprint density at radius 3 is 2.33 bits per heavy atom. The van der Waals surface area contributed by atoms with E-state index in [1.807, 2.05) is 13.8 Å². The second-order valence-electron chi connectivity index (χ2n) is 8.09. The van der Waals surface area contributed by atoms with E-state index in [-0.39, 0.29) is 24.7 Å². The highest BCUT2D eigenvalue weighted by Gasteiger charge is 2.30. The molecule has 0 bridgehead atoms. The zero-order chi connectivity index (χ0) is 26.2. The molecule has 2 aromatic heterocycles. The summed E-state index contributed by atoms with van der Waals surface area (Å²) in [6.07, 6.45) is 3.36. The van der Waals surface area contributed by atoms with E-state index in [0.717, 1.165) is 4.57 Å². The van der Waals surface area contributed by atoms with Gasteiger partial charge < -0.3 is 19.9 Å². The van der Waals surface area contributed by atoms with Crippen molar-refractivity contribution in [2.75, 3.05) is 6.54 Å². The van der Waals surface area contributed by atoms with E-state index < -0.39 is 24.1 Å². The summed E-state index contributed by atoms with van der Waals surface area (Å²) < 4.78 is 4.00. The lowest BCUT2D eigenvalue weighted by atomic mass is 10.2. The highest BCUT2D eigenvalue weighted by molar-refractivity contribution is 5.84. The maximum atomic E-state index is 12.0.